The average molecular weight is 783 g/mol. The molecule has 3 aliphatic rings. The number of para-hydroxylation sites is 1. The molecule has 7 aromatic rings. The van der Waals surface area contributed by atoms with E-state index in [1.54, 1.807) is 6.08 Å². The third-order valence-corrected chi connectivity index (χ3v) is 11.9. The van der Waals surface area contributed by atoms with E-state index in [2.05, 4.69) is 157 Å². The molecule has 0 N–H and O–H groups in total. The van der Waals surface area contributed by atoms with Gasteiger partial charge in [-0.3, -0.25) is 0 Å². The summed E-state index contributed by atoms with van der Waals surface area (Å²) in [5, 5.41) is 12.0. The Hall–Kier alpha value is -7.87. The SMILES string of the molecule is C=C/C=C\C(=C)c1cc(-c2ccccc2)nc(C2=CCC3C=C2/C=C\C2C=C(/C=C\3)C(c3ccc(-c4ccc5c6ccc(C#N)cc6n(-c6ccccc6)c5c4)cc3)=CC2)n1. The number of aromatic nitrogens is 3. The summed E-state index contributed by atoms with van der Waals surface area (Å²) < 4.78 is 2.27. The molecule has 0 saturated heterocycles. The first-order valence-electron chi connectivity index (χ1n) is 20.8. The van der Waals surface area contributed by atoms with E-state index in [4.69, 9.17) is 9.97 Å². The highest BCUT2D eigenvalue weighted by molar-refractivity contribution is 6.10. The van der Waals surface area contributed by atoms with Crippen molar-refractivity contribution in [2.24, 2.45) is 11.8 Å². The summed E-state index contributed by atoms with van der Waals surface area (Å²) >= 11 is 0. The zero-order chi connectivity index (χ0) is 41.3. The van der Waals surface area contributed by atoms with Crippen LogP contribution in [0.1, 0.15) is 35.5 Å². The summed E-state index contributed by atoms with van der Waals surface area (Å²) in [6, 6.07) is 46.7. The van der Waals surface area contributed by atoms with Crippen LogP contribution >= 0.6 is 0 Å². The van der Waals surface area contributed by atoms with Crippen LogP contribution in [0.15, 0.2) is 219 Å². The molecule has 4 bridgehead atoms. The molecule has 3 aliphatic carbocycles. The van der Waals surface area contributed by atoms with E-state index >= 15 is 0 Å². The second-order valence-electron chi connectivity index (χ2n) is 15.8. The van der Waals surface area contributed by atoms with Gasteiger partial charge in [-0.2, -0.15) is 5.26 Å². The summed E-state index contributed by atoms with van der Waals surface area (Å²) in [6.07, 6.45) is 26.1. The van der Waals surface area contributed by atoms with Crippen LogP contribution in [0.5, 0.6) is 0 Å². The van der Waals surface area contributed by atoms with Crippen molar-refractivity contribution in [2.45, 2.75) is 12.8 Å². The van der Waals surface area contributed by atoms with Crippen molar-refractivity contribution in [1.82, 2.24) is 14.5 Å². The average Bonchev–Trinajstić information content (AvgIpc) is 3.65. The zero-order valence-corrected chi connectivity index (χ0v) is 33.7. The van der Waals surface area contributed by atoms with Crippen LogP contribution < -0.4 is 0 Å². The van der Waals surface area contributed by atoms with Gasteiger partial charge in [0.25, 0.3) is 0 Å². The van der Waals surface area contributed by atoms with Crippen LogP contribution in [0.4, 0.5) is 0 Å². The lowest BCUT2D eigenvalue weighted by atomic mass is 9.82. The molecule has 5 aromatic carbocycles. The van der Waals surface area contributed by atoms with E-state index in [1.807, 2.05) is 54.6 Å². The van der Waals surface area contributed by atoms with Crippen LogP contribution in [0.3, 0.4) is 0 Å². The Balaban J connectivity index is 0.928. The van der Waals surface area contributed by atoms with Gasteiger partial charge in [0.15, 0.2) is 5.82 Å². The predicted molar refractivity (Wildman–Crippen MR) is 253 cm³/mol. The van der Waals surface area contributed by atoms with Crippen LogP contribution in [-0.2, 0) is 0 Å². The van der Waals surface area contributed by atoms with Gasteiger partial charge in [0.2, 0.25) is 0 Å². The molecule has 2 aromatic heterocycles. The summed E-state index contributed by atoms with van der Waals surface area (Å²) in [4.78, 5) is 10.2. The Kier molecular flexibility index (Phi) is 9.85. The van der Waals surface area contributed by atoms with Gasteiger partial charge in [-0.15, -0.1) is 0 Å². The molecule has 10 rings (SSSR count). The van der Waals surface area contributed by atoms with Crippen LogP contribution in [0.2, 0.25) is 0 Å². The van der Waals surface area contributed by atoms with E-state index in [9.17, 15) is 5.26 Å². The number of rotatable bonds is 8. The topological polar surface area (TPSA) is 54.5 Å². The van der Waals surface area contributed by atoms with Crippen molar-refractivity contribution in [3.8, 4) is 34.1 Å². The molecule has 0 spiro atoms. The highest BCUT2D eigenvalue weighted by Crippen LogP contribution is 2.39. The van der Waals surface area contributed by atoms with E-state index in [-0.39, 0.29) is 11.8 Å². The molecular formula is C57H42N4. The minimum Gasteiger partial charge on any atom is -0.309 e. The quantitative estimate of drug-likeness (QED) is 0.144. The Morgan fingerprint density at radius 2 is 1.28 bits per heavy atom. The van der Waals surface area contributed by atoms with Crippen molar-refractivity contribution in [3.05, 3.63) is 241 Å². The summed E-state index contributed by atoms with van der Waals surface area (Å²) in [7, 11) is 0. The number of hydrogen-bond acceptors (Lipinski definition) is 3. The minimum absolute atomic E-state index is 0.238. The Bertz CT molecular complexity index is 3160. The molecule has 61 heavy (non-hydrogen) atoms. The number of nitrogens with zero attached hydrogens (tertiary/aromatic N) is 4. The number of fused-ring (bicyclic) bond motifs is 5. The standard InChI is InChI=1S/C57H42N4/c1-3-4-11-38(2)53-36-54(44-12-7-5-8-13-44)60-57(59-53)50-29-19-40-16-21-46-32-39(17-22-47(50)33-40)18-28-49(46)43-25-23-42(24-26-43)45-27-31-52-51-30-20-41(37-58)34-55(51)61(56(52)35-45)48-14-9-6-10-15-48/h3-17,20-36,39-40H,1-2,18-19H2/b11-4-,21-16-,22-17-. The van der Waals surface area contributed by atoms with Gasteiger partial charge >= 0.3 is 0 Å². The van der Waals surface area contributed by atoms with Gasteiger partial charge in [-0.25, -0.2) is 9.97 Å². The van der Waals surface area contributed by atoms with Crippen molar-refractivity contribution in [1.29, 1.82) is 5.26 Å². The molecule has 2 atom stereocenters. The van der Waals surface area contributed by atoms with Crippen LogP contribution in [0, 0.1) is 23.2 Å². The molecule has 290 valence electrons. The first-order valence-corrected chi connectivity index (χ1v) is 20.8. The second-order valence-corrected chi connectivity index (χ2v) is 15.8. The molecule has 0 fully saturated rings. The van der Waals surface area contributed by atoms with E-state index in [1.165, 1.54) is 22.1 Å². The Morgan fingerprint density at radius 1 is 0.656 bits per heavy atom. The minimum atomic E-state index is 0.238. The molecule has 0 saturated carbocycles. The second kappa shape index (κ2) is 16.1. The number of hydrogen-bond donors (Lipinski definition) is 0. The number of nitriles is 1. The third kappa shape index (κ3) is 7.28. The lowest BCUT2D eigenvalue weighted by Gasteiger charge is -2.23. The molecule has 4 nitrogen and oxygen atoms in total. The van der Waals surface area contributed by atoms with Crippen LogP contribution in [-0.4, -0.2) is 14.5 Å². The molecule has 2 unspecified atom stereocenters. The van der Waals surface area contributed by atoms with Crippen molar-refractivity contribution < 1.29 is 0 Å². The highest BCUT2D eigenvalue weighted by atomic mass is 15.0. The van der Waals surface area contributed by atoms with Crippen LogP contribution in [0.25, 0.3) is 66.6 Å². The molecule has 0 radical (unpaired) electrons. The van der Waals surface area contributed by atoms with Gasteiger partial charge < -0.3 is 4.57 Å². The van der Waals surface area contributed by atoms with Crippen molar-refractivity contribution in [2.75, 3.05) is 0 Å². The molecule has 0 amide bonds. The number of benzene rings is 5. The molecule has 0 aliphatic heterocycles. The Labute approximate surface area is 356 Å². The van der Waals surface area contributed by atoms with Crippen molar-refractivity contribution >= 4 is 38.5 Å². The Morgan fingerprint density at radius 3 is 1.98 bits per heavy atom. The van der Waals surface area contributed by atoms with Gasteiger partial charge in [-0.05, 0) is 100 Å². The van der Waals surface area contributed by atoms with E-state index in [0.29, 0.717) is 11.4 Å². The number of allylic oxidation sites excluding steroid dienone is 16. The van der Waals surface area contributed by atoms with Gasteiger partial charge in [0.05, 0.1) is 34.1 Å². The first-order chi connectivity index (χ1) is 30.0. The van der Waals surface area contributed by atoms with Gasteiger partial charge in [0.1, 0.15) is 0 Å². The smallest absolute Gasteiger partial charge is 0.160 e. The fraction of sp³-hybridized carbons (Fsp3) is 0.0702. The first kappa shape index (κ1) is 37.4. The van der Waals surface area contributed by atoms with Crippen molar-refractivity contribution in [3.63, 3.8) is 0 Å². The fourth-order valence-corrected chi connectivity index (χ4v) is 8.76. The maximum atomic E-state index is 9.71. The largest absolute Gasteiger partial charge is 0.309 e. The third-order valence-electron chi connectivity index (χ3n) is 11.9. The predicted octanol–water partition coefficient (Wildman–Crippen LogP) is 14.0. The lowest BCUT2D eigenvalue weighted by Crippen LogP contribution is -2.08. The summed E-state index contributed by atoms with van der Waals surface area (Å²) in [6.45, 7) is 8.13. The zero-order valence-electron chi connectivity index (χ0n) is 33.7. The molecule has 4 heteroatoms. The summed E-state index contributed by atoms with van der Waals surface area (Å²) in [5.74, 6) is 1.20. The van der Waals surface area contributed by atoms with E-state index in [0.717, 1.165) is 79.7 Å². The monoisotopic (exact) mass is 782 g/mol. The normalized spacial score (nSPS) is 18.1. The van der Waals surface area contributed by atoms with E-state index < -0.39 is 0 Å². The summed E-state index contributed by atoms with van der Waals surface area (Å²) in [5.41, 5.74) is 15.6. The lowest BCUT2D eigenvalue weighted by molar-refractivity contribution is 0.800. The maximum absolute atomic E-state index is 9.71. The fourth-order valence-electron chi connectivity index (χ4n) is 8.76. The molecular weight excluding hydrogens is 741 g/mol. The maximum Gasteiger partial charge on any atom is 0.160 e. The highest BCUT2D eigenvalue weighted by Gasteiger charge is 2.22. The van der Waals surface area contributed by atoms with Gasteiger partial charge in [-0.1, -0.05) is 171 Å². The van der Waals surface area contributed by atoms with Gasteiger partial charge in [0, 0.05) is 27.6 Å². The molecule has 2 heterocycles.